The van der Waals surface area contributed by atoms with Gasteiger partial charge in [0.2, 0.25) is 0 Å². The number of hydrogen-bond acceptors (Lipinski definition) is 8. The number of nitro benzene ring substituents is 2. The molecule has 19 heavy (non-hydrogen) atoms. The van der Waals surface area contributed by atoms with Gasteiger partial charge >= 0.3 is 11.4 Å². The molecule has 11 nitrogen and oxygen atoms in total. The lowest BCUT2D eigenvalue weighted by Gasteiger charge is -2.08. The molecule has 0 radical (unpaired) electrons. The van der Waals surface area contributed by atoms with Gasteiger partial charge in [0.15, 0.2) is 5.75 Å². The Balaban J connectivity index is 3.73. The van der Waals surface area contributed by atoms with Gasteiger partial charge in [-0.3, -0.25) is 25.1 Å². The summed E-state index contributed by atoms with van der Waals surface area (Å²) in [6.07, 6.45) is 0. The number of rotatable bonds is 5. The maximum atomic E-state index is 10.9. The molecule has 0 amide bonds. The van der Waals surface area contributed by atoms with Gasteiger partial charge in [-0.2, -0.15) is 0 Å². The van der Waals surface area contributed by atoms with Crippen molar-refractivity contribution >= 4 is 11.4 Å². The van der Waals surface area contributed by atoms with Crippen molar-refractivity contribution < 1.29 is 24.5 Å². The highest BCUT2D eigenvalue weighted by molar-refractivity contribution is 5.70. The molecule has 0 spiro atoms. The molecule has 0 unspecified atom stereocenters. The van der Waals surface area contributed by atoms with Gasteiger partial charge in [-0.05, 0) is 13.0 Å². The molecule has 0 fully saturated rings. The van der Waals surface area contributed by atoms with Gasteiger partial charge < -0.3 is 4.74 Å². The van der Waals surface area contributed by atoms with Crippen LogP contribution in [0.25, 0.3) is 0 Å². The van der Waals surface area contributed by atoms with Crippen LogP contribution in [0.4, 0.5) is 11.4 Å². The lowest BCUT2D eigenvalue weighted by Crippen LogP contribution is -2.09. The Hall–Kier alpha value is -2.98. The van der Waals surface area contributed by atoms with Crippen LogP contribution in [-0.2, 0) is 0 Å². The predicted molar refractivity (Wildman–Crippen MR) is 58.7 cm³/mol. The average molecular weight is 273 g/mol. The van der Waals surface area contributed by atoms with Crippen LogP contribution in [0.1, 0.15) is 5.56 Å². The topological polar surface area (TPSA) is 148 Å². The van der Waals surface area contributed by atoms with Crippen molar-refractivity contribution in [1.82, 2.24) is 0 Å². The molecular weight excluding hydrogens is 266 g/mol. The summed E-state index contributed by atoms with van der Waals surface area (Å²) in [5.41, 5.74) is -2.09. The summed E-state index contributed by atoms with van der Waals surface area (Å²) in [6, 6.07) is 1.05. The van der Waals surface area contributed by atoms with Crippen molar-refractivity contribution in [3.63, 3.8) is 0 Å². The van der Waals surface area contributed by atoms with E-state index in [-0.39, 0.29) is 11.3 Å². The molecule has 0 heterocycles. The smallest absolute Gasteiger partial charge is 0.379 e. The van der Waals surface area contributed by atoms with E-state index in [1.807, 2.05) is 0 Å². The molecule has 102 valence electrons. The summed E-state index contributed by atoms with van der Waals surface area (Å²) in [7, 11) is 1.09. The summed E-state index contributed by atoms with van der Waals surface area (Å²) >= 11 is 0. The molecule has 0 aliphatic rings. The molecule has 0 aliphatic carbocycles. The second-order valence-corrected chi connectivity index (χ2v) is 3.25. The summed E-state index contributed by atoms with van der Waals surface area (Å²) < 4.78 is 4.70. The first-order valence-corrected chi connectivity index (χ1v) is 4.62. The minimum atomic E-state index is -1.32. The van der Waals surface area contributed by atoms with E-state index in [1.165, 1.54) is 6.92 Å². The minimum Gasteiger partial charge on any atom is -0.494 e. The first-order valence-electron chi connectivity index (χ1n) is 4.62. The van der Waals surface area contributed by atoms with Crippen LogP contribution in [0.15, 0.2) is 6.07 Å². The van der Waals surface area contributed by atoms with E-state index in [0.29, 0.717) is 0 Å². The lowest BCUT2D eigenvalue weighted by atomic mass is 10.1. The van der Waals surface area contributed by atoms with Crippen molar-refractivity contribution in [2.45, 2.75) is 6.92 Å². The van der Waals surface area contributed by atoms with E-state index in [1.54, 1.807) is 0 Å². The molecular formula is C8H7N3O8. The zero-order chi connectivity index (χ0) is 14.7. The summed E-state index contributed by atoms with van der Waals surface area (Å²) in [6.45, 7) is 1.24. The molecule has 0 saturated carbocycles. The summed E-state index contributed by atoms with van der Waals surface area (Å²) in [5.74, 6) is -1.26. The molecule has 0 aliphatic heterocycles. The van der Waals surface area contributed by atoms with E-state index in [2.05, 4.69) is 4.84 Å². The van der Waals surface area contributed by atoms with Gasteiger partial charge in [0.1, 0.15) is 0 Å². The third-order valence-electron chi connectivity index (χ3n) is 2.14. The van der Waals surface area contributed by atoms with Crippen molar-refractivity contribution in [1.29, 1.82) is 0 Å². The fourth-order valence-electron chi connectivity index (χ4n) is 1.46. The molecule has 11 heteroatoms. The van der Waals surface area contributed by atoms with Gasteiger partial charge in [-0.25, -0.2) is 0 Å². The number of nitrogens with zero attached hydrogens (tertiary/aromatic N) is 3. The van der Waals surface area contributed by atoms with Crippen molar-refractivity contribution in [3.05, 3.63) is 42.0 Å². The first-order chi connectivity index (χ1) is 8.79. The van der Waals surface area contributed by atoms with Gasteiger partial charge in [0, 0.05) is 5.56 Å². The fraction of sp³-hybridized carbons (Fsp3) is 0.250. The van der Waals surface area contributed by atoms with E-state index >= 15 is 0 Å². The standard InChI is InChI=1S/C8H7N3O8/c1-4-3-5(18-2)8(19-11(16)17)7(10(14)15)6(4)9(12)13/h3H,1-2H3. The number of nitro groups is 2. The minimum absolute atomic E-state index is 0.0794. The van der Waals surface area contributed by atoms with Crippen LogP contribution in [0.5, 0.6) is 11.5 Å². The summed E-state index contributed by atoms with van der Waals surface area (Å²) in [4.78, 5) is 33.9. The predicted octanol–water partition coefficient (Wildman–Crippen LogP) is 1.39. The van der Waals surface area contributed by atoms with Crippen molar-refractivity contribution in [2.75, 3.05) is 7.11 Å². The SMILES string of the molecule is COc1cc(C)c([N+](=O)[O-])c([N+](=O)[O-])c1O[N+](=O)[O-]. The van der Waals surface area contributed by atoms with Crippen molar-refractivity contribution in [2.24, 2.45) is 0 Å². The number of hydrogen-bond donors (Lipinski definition) is 0. The molecule has 1 aromatic rings. The second kappa shape index (κ2) is 5.12. The Morgan fingerprint density at radius 3 is 1.95 bits per heavy atom. The average Bonchev–Trinajstić information content (AvgIpc) is 2.28. The van der Waals surface area contributed by atoms with E-state index < -0.39 is 32.1 Å². The number of ether oxygens (including phenoxy) is 1. The molecule has 1 rings (SSSR count). The van der Waals surface area contributed by atoms with Gasteiger partial charge in [-0.15, -0.1) is 10.1 Å². The fourth-order valence-corrected chi connectivity index (χ4v) is 1.46. The monoisotopic (exact) mass is 273 g/mol. The second-order valence-electron chi connectivity index (χ2n) is 3.25. The van der Waals surface area contributed by atoms with Crippen LogP contribution in [0, 0.1) is 37.3 Å². The normalized spacial score (nSPS) is 9.79. The number of methoxy groups -OCH3 is 1. The number of aryl methyl sites for hydroxylation is 1. The molecule has 0 atom stereocenters. The van der Waals surface area contributed by atoms with E-state index in [9.17, 15) is 30.3 Å². The number of benzene rings is 1. The van der Waals surface area contributed by atoms with E-state index in [0.717, 1.165) is 13.2 Å². The van der Waals surface area contributed by atoms with Gasteiger partial charge in [0.05, 0.1) is 17.0 Å². The largest absolute Gasteiger partial charge is 0.494 e. The Morgan fingerprint density at radius 1 is 1.05 bits per heavy atom. The van der Waals surface area contributed by atoms with Crippen molar-refractivity contribution in [3.8, 4) is 11.5 Å². The van der Waals surface area contributed by atoms with Crippen LogP contribution >= 0.6 is 0 Å². The zero-order valence-corrected chi connectivity index (χ0v) is 9.68. The zero-order valence-electron chi connectivity index (χ0n) is 9.68. The van der Waals surface area contributed by atoms with Crippen LogP contribution < -0.4 is 9.57 Å². The molecule has 0 bridgehead atoms. The Bertz CT molecular complexity index is 570. The molecule has 0 N–H and O–H groups in total. The lowest BCUT2D eigenvalue weighted by molar-refractivity contribution is -0.712. The Labute approximate surface area is 104 Å². The highest BCUT2D eigenvalue weighted by atomic mass is 17.0. The third kappa shape index (κ3) is 2.65. The van der Waals surface area contributed by atoms with Gasteiger partial charge in [0.25, 0.3) is 10.8 Å². The maximum Gasteiger partial charge on any atom is 0.379 e. The quantitative estimate of drug-likeness (QED) is 0.577. The highest BCUT2D eigenvalue weighted by Gasteiger charge is 2.36. The van der Waals surface area contributed by atoms with Crippen LogP contribution in [-0.4, -0.2) is 22.0 Å². The molecule has 0 saturated heterocycles. The Morgan fingerprint density at radius 2 is 1.58 bits per heavy atom. The third-order valence-corrected chi connectivity index (χ3v) is 2.14. The van der Waals surface area contributed by atoms with Crippen LogP contribution in [0.2, 0.25) is 0 Å². The van der Waals surface area contributed by atoms with Crippen LogP contribution in [0.3, 0.4) is 0 Å². The molecule has 0 aromatic heterocycles. The van der Waals surface area contributed by atoms with Gasteiger partial charge in [-0.1, -0.05) is 0 Å². The molecule has 1 aromatic carbocycles. The Kier molecular flexibility index (Phi) is 3.79. The summed E-state index contributed by atoms with van der Waals surface area (Å²) in [5, 5.41) is 30.7. The maximum absolute atomic E-state index is 10.9. The highest BCUT2D eigenvalue weighted by Crippen LogP contribution is 2.45. The first kappa shape index (κ1) is 14.1. The van der Waals surface area contributed by atoms with E-state index in [4.69, 9.17) is 4.74 Å².